The largest absolute Gasteiger partial charge is 0.463 e. The van der Waals surface area contributed by atoms with Gasteiger partial charge in [0.15, 0.2) is 0 Å². The molecule has 0 aliphatic carbocycles. The van der Waals surface area contributed by atoms with Crippen molar-refractivity contribution >= 4 is 17.7 Å². The molecule has 0 saturated carbocycles. The zero-order valence-corrected chi connectivity index (χ0v) is 10.1. The number of ether oxygens (including phenoxy) is 1. The van der Waals surface area contributed by atoms with Crippen molar-refractivity contribution in [1.82, 2.24) is 0 Å². The maximum absolute atomic E-state index is 11.1. The summed E-state index contributed by atoms with van der Waals surface area (Å²) in [6, 6.07) is 8.18. The van der Waals surface area contributed by atoms with Gasteiger partial charge in [0.2, 0.25) is 0 Å². The highest BCUT2D eigenvalue weighted by Gasteiger charge is 2.02. The van der Waals surface area contributed by atoms with Crippen LogP contribution in [-0.4, -0.2) is 30.0 Å². The molecule has 0 atom stereocenters. The van der Waals surface area contributed by atoms with Crippen LogP contribution in [0.25, 0.3) is 0 Å². The number of aliphatic hydroxyl groups is 1. The predicted molar refractivity (Wildman–Crippen MR) is 64.6 cm³/mol. The molecule has 1 aromatic rings. The average Bonchev–Trinajstić information content (AvgIpc) is 2.29. The highest BCUT2D eigenvalue weighted by Crippen LogP contribution is 2.19. The molecule has 1 N–H and O–H groups in total. The van der Waals surface area contributed by atoms with Gasteiger partial charge >= 0.3 is 5.97 Å². The summed E-state index contributed by atoms with van der Waals surface area (Å²) in [4.78, 5) is 12.3. The first-order valence-electron chi connectivity index (χ1n) is 5.18. The van der Waals surface area contributed by atoms with E-state index in [1.54, 1.807) is 11.8 Å². The van der Waals surface area contributed by atoms with Crippen LogP contribution in [0.2, 0.25) is 0 Å². The third kappa shape index (κ3) is 5.19. The molecule has 0 bridgehead atoms. The number of thioether (sulfide) groups is 1. The molecular weight excluding hydrogens is 224 g/mol. The fourth-order valence-corrected chi connectivity index (χ4v) is 1.95. The smallest absolute Gasteiger partial charge is 0.306 e. The van der Waals surface area contributed by atoms with Crippen LogP contribution in [0.3, 0.4) is 0 Å². The SMILES string of the molecule is Cc1ccc(SCCC(=O)OCCO)cc1. The molecular formula is C12H16O3S. The second kappa shape index (κ2) is 7.30. The summed E-state index contributed by atoms with van der Waals surface area (Å²) in [5.41, 5.74) is 1.23. The predicted octanol–water partition coefficient (Wildman–Crippen LogP) is 2.01. The van der Waals surface area contributed by atoms with Gasteiger partial charge in [-0.05, 0) is 19.1 Å². The zero-order chi connectivity index (χ0) is 11.8. The first-order valence-corrected chi connectivity index (χ1v) is 6.17. The maximum atomic E-state index is 11.1. The van der Waals surface area contributed by atoms with E-state index < -0.39 is 0 Å². The van der Waals surface area contributed by atoms with E-state index in [1.165, 1.54) is 5.56 Å². The van der Waals surface area contributed by atoms with Crippen LogP contribution in [0.1, 0.15) is 12.0 Å². The number of esters is 1. The molecule has 1 rings (SSSR count). The van der Waals surface area contributed by atoms with Gasteiger partial charge in [0.25, 0.3) is 0 Å². The first-order chi connectivity index (χ1) is 7.72. The lowest BCUT2D eigenvalue weighted by molar-refractivity contribution is -0.144. The van der Waals surface area contributed by atoms with Crippen molar-refractivity contribution < 1.29 is 14.6 Å². The molecule has 0 aliphatic heterocycles. The van der Waals surface area contributed by atoms with Gasteiger partial charge in [0, 0.05) is 10.6 Å². The lowest BCUT2D eigenvalue weighted by Gasteiger charge is -2.03. The standard InChI is InChI=1S/C12H16O3S/c1-10-2-4-11(5-3-10)16-9-6-12(14)15-8-7-13/h2-5,13H,6-9H2,1H3. The highest BCUT2D eigenvalue weighted by atomic mass is 32.2. The molecule has 0 amide bonds. The Labute approximate surface area is 99.8 Å². The molecule has 4 heteroatoms. The fourth-order valence-electron chi connectivity index (χ4n) is 1.12. The topological polar surface area (TPSA) is 46.5 Å². The van der Waals surface area contributed by atoms with Gasteiger partial charge in [-0.3, -0.25) is 4.79 Å². The first kappa shape index (κ1) is 13.1. The minimum absolute atomic E-state index is 0.0913. The normalized spacial score (nSPS) is 10.1. The number of benzene rings is 1. The zero-order valence-electron chi connectivity index (χ0n) is 9.31. The molecule has 16 heavy (non-hydrogen) atoms. The lowest BCUT2D eigenvalue weighted by Crippen LogP contribution is -2.08. The van der Waals surface area contributed by atoms with Crippen molar-refractivity contribution in [2.75, 3.05) is 19.0 Å². The molecule has 0 aromatic heterocycles. The van der Waals surface area contributed by atoms with Crippen molar-refractivity contribution in [3.05, 3.63) is 29.8 Å². The van der Waals surface area contributed by atoms with Gasteiger partial charge in [-0.25, -0.2) is 0 Å². The van der Waals surface area contributed by atoms with Crippen molar-refractivity contribution in [2.24, 2.45) is 0 Å². The van der Waals surface area contributed by atoms with Crippen LogP contribution >= 0.6 is 11.8 Å². The summed E-state index contributed by atoms with van der Waals surface area (Å²) in [6.45, 7) is 2.02. The van der Waals surface area contributed by atoms with Crippen LogP contribution in [0.4, 0.5) is 0 Å². The Balaban J connectivity index is 2.20. The summed E-state index contributed by atoms with van der Waals surface area (Å²) in [5, 5.41) is 8.46. The summed E-state index contributed by atoms with van der Waals surface area (Å²) in [5.74, 6) is 0.446. The number of hydrogen-bond donors (Lipinski definition) is 1. The van der Waals surface area contributed by atoms with Gasteiger partial charge in [-0.15, -0.1) is 11.8 Å². The van der Waals surface area contributed by atoms with Gasteiger partial charge in [0.1, 0.15) is 6.61 Å². The number of rotatable bonds is 6. The molecule has 0 radical (unpaired) electrons. The molecule has 0 saturated heterocycles. The van der Waals surface area contributed by atoms with Crippen molar-refractivity contribution in [2.45, 2.75) is 18.2 Å². The Morgan fingerprint density at radius 2 is 2.06 bits per heavy atom. The molecule has 3 nitrogen and oxygen atoms in total. The van der Waals surface area contributed by atoms with Gasteiger partial charge in [-0.1, -0.05) is 17.7 Å². The third-order valence-corrected chi connectivity index (χ3v) is 2.96. The van der Waals surface area contributed by atoms with Crippen LogP contribution in [-0.2, 0) is 9.53 Å². The molecule has 0 fully saturated rings. The quantitative estimate of drug-likeness (QED) is 0.610. The van der Waals surface area contributed by atoms with E-state index in [4.69, 9.17) is 9.84 Å². The Bertz CT molecular complexity index is 322. The van der Waals surface area contributed by atoms with Gasteiger partial charge in [0.05, 0.1) is 13.0 Å². The van der Waals surface area contributed by atoms with E-state index in [0.29, 0.717) is 12.2 Å². The second-order valence-electron chi connectivity index (χ2n) is 3.36. The Kier molecular flexibility index (Phi) is 5.96. The average molecular weight is 240 g/mol. The van der Waals surface area contributed by atoms with E-state index in [2.05, 4.69) is 0 Å². The minimum Gasteiger partial charge on any atom is -0.463 e. The summed E-state index contributed by atoms with van der Waals surface area (Å²) in [7, 11) is 0. The number of hydrogen-bond acceptors (Lipinski definition) is 4. The number of carbonyl (C=O) groups excluding carboxylic acids is 1. The second-order valence-corrected chi connectivity index (χ2v) is 4.52. The van der Waals surface area contributed by atoms with Crippen LogP contribution in [0, 0.1) is 6.92 Å². The van der Waals surface area contributed by atoms with E-state index in [0.717, 1.165) is 4.90 Å². The van der Waals surface area contributed by atoms with Crippen molar-refractivity contribution in [3.8, 4) is 0 Å². The Hall–Kier alpha value is -1.00. The van der Waals surface area contributed by atoms with Gasteiger partial charge < -0.3 is 9.84 Å². The Morgan fingerprint density at radius 3 is 2.69 bits per heavy atom. The maximum Gasteiger partial charge on any atom is 0.306 e. The fraction of sp³-hybridized carbons (Fsp3) is 0.417. The number of carbonyl (C=O) groups is 1. The van der Waals surface area contributed by atoms with Crippen molar-refractivity contribution in [1.29, 1.82) is 0 Å². The van der Waals surface area contributed by atoms with Crippen LogP contribution in [0.5, 0.6) is 0 Å². The molecule has 0 aliphatic rings. The van der Waals surface area contributed by atoms with E-state index in [9.17, 15) is 4.79 Å². The Morgan fingerprint density at radius 1 is 1.38 bits per heavy atom. The van der Waals surface area contributed by atoms with E-state index in [1.807, 2.05) is 31.2 Å². The third-order valence-electron chi connectivity index (χ3n) is 1.95. The molecule has 0 unspecified atom stereocenters. The van der Waals surface area contributed by atoms with E-state index >= 15 is 0 Å². The molecule has 0 spiro atoms. The van der Waals surface area contributed by atoms with Crippen LogP contribution < -0.4 is 0 Å². The molecule has 88 valence electrons. The van der Waals surface area contributed by atoms with Crippen LogP contribution in [0.15, 0.2) is 29.2 Å². The monoisotopic (exact) mass is 240 g/mol. The summed E-state index contributed by atoms with van der Waals surface area (Å²) < 4.78 is 4.75. The van der Waals surface area contributed by atoms with Gasteiger partial charge in [-0.2, -0.15) is 0 Å². The highest BCUT2D eigenvalue weighted by molar-refractivity contribution is 7.99. The number of aliphatic hydroxyl groups excluding tert-OH is 1. The molecule has 1 aromatic carbocycles. The summed E-state index contributed by atoms with van der Waals surface area (Å²) >= 11 is 1.63. The lowest BCUT2D eigenvalue weighted by atomic mass is 10.2. The minimum atomic E-state index is -0.256. The molecule has 0 heterocycles. The van der Waals surface area contributed by atoms with Crippen molar-refractivity contribution in [3.63, 3.8) is 0 Å². The van der Waals surface area contributed by atoms with E-state index in [-0.39, 0.29) is 19.2 Å². The summed E-state index contributed by atoms with van der Waals surface area (Å²) in [6.07, 6.45) is 0.374. The number of aryl methyl sites for hydroxylation is 1.